The van der Waals surface area contributed by atoms with E-state index >= 15 is 0 Å². The van der Waals surface area contributed by atoms with Crippen molar-refractivity contribution >= 4 is 17.4 Å². The number of halogens is 4. The van der Waals surface area contributed by atoms with Crippen LogP contribution in [0, 0.1) is 0 Å². The lowest BCUT2D eigenvalue weighted by atomic mass is 10.0. The molecule has 0 heterocycles. The monoisotopic (exact) mass is 284 g/mol. The molecule has 0 bridgehead atoms. The smallest absolute Gasteiger partial charge is 0.289 e. The maximum atomic E-state index is 12.7. The Labute approximate surface area is 112 Å². The van der Waals surface area contributed by atoms with E-state index in [0.717, 1.165) is 12.1 Å². The Hall–Kier alpha value is -1.81. The molecular weight excluding hydrogens is 277 g/mol. The van der Waals surface area contributed by atoms with Gasteiger partial charge >= 0.3 is 6.18 Å². The molecule has 0 atom stereocenters. The largest absolute Gasteiger partial charge is 0.417 e. The Balaban J connectivity index is 2.45. The first kappa shape index (κ1) is 13.6. The summed E-state index contributed by atoms with van der Waals surface area (Å²) < 4.78 is 38.1. The molecule has 0 spiro atoms. The van der Waals surface area contributed by atoms with Crippen molar-refractivity contribution in [2.45, 2.75) is 6.18 Å². The van der Waals surface area contributed by atoms with Crippen molar-refractivity contribution in [3.05, 3.63) is 70.2 Å². The van der Waals surface area contributed by atoms with E-state index in [1.54, 1.807) is 30.3 Å². The molecule has 0 saturated heterocycles. The molecule has 0 aliphatic carbocycles. The quantitative estimate of drug-likeness (QED) is 0.737. The summed E-state index contributed by atoms with van der Waals surface area (Å²) in [5, 5.41) is -0.419. The summed E-state index contributed by atoms with van der Waals surface area (Å²) in [5.41, 5.74) is -0.711. The van der Waals surface area contributed by atoms with Crippen molar-refractivity contribution in [1.29, 1.82) is 0 Å². The highest BCUT2D eigenvalue weighted by Crippen LogP contribution is 2.35. The van der Waals surface area contributed by atoms with E-state index in [0.29, 0.717) is 5.56 Å². The summed E-state index contributed by atoms with van der Waals surface area (Å²) in [4.78, 5) is 12.0. The zero-order valence-corrected chi connectivity index (χ0v) is 10.3. The van der Waals surface area contributed by atoms with E-state index < -0.39 is 22.5 Å². The molecule has 0 fully saturated rings. The number of hydrogen-bond acceptors (Lipinski definition) is 1. The van der Waals surface area contributed by atoms with Crippen molar-refractivity contribution < 1.29 is 18.0 Å². The van der Waals surface area contributed by atoms with Crippen molar-refractivity contribution in [2.24, 2.45) is 0 Å². The molecule has 0 unspecified atom stereocenters. The zero-order valence-electron chi connectivity index (χ0n) is 9.54. The Bertz CT molecular complexity index is 606. The van der Waals surface area contributed by atoms with E-state index in [2.05, 4.69) is 0 Å². The highest BCUT2D eigenvalue weighted by atomic mass is 35.5. The second-order valence-corrected chi connectivity index (χ2v) is 4.29. The first-order valence-electron chi connectivity index (χ1n) is 5.36. The number of hydrogen-bond donors (Lipinski definition) is 0. The van der Waals surface area contributed by atoms with Gasteiger partial charge in [0, 0.05) is 11.1 Å². The number of carbonyl (C=O) groups is 1. The molecule has 2 rings (SSSR count). The zero-order chi connectivity index (χ0) is 14.0. The number of benzene rings is 2. The predicted molar refractivity (Wildman–Crippen MR) is 66.3 cm³/mol. The van der Waals surface area contributed by atoms with Crippen LogP contribution in [0.25, 0.3) is 0 Å². The van der Waals surface area contributed by atoms with Gasteiger partial charge in [0.05, 0.1) is 10.6 Å². The third-order valence-corrected chi connectivity index (χ3v) is 2.90. The van der Waals surface area contributed by atoms with E-state index in [-0.39, 0.29) is 5.56 Å². The van der Waals surface area contributed by atoms with Gasteiger partial charge in [-0.25, -0.2) is 0 Å². The van der Waals surface area contributed by atoms with Gasteiger partial charge in [-0.2, -0.15) is 13.2 Å². The molecule has 1 nitrogen and oxygen atoms in total. The van der Waals surface area contributed by atoms with Crippen LogP contribution in [0.4, 0.5) is 13.2 Å². The maximum Gasteiger partial charge on any atom is 0.417 e. The van der Waals surface area contributed by atoms with Crippen LogP contribution in [0.15, 0.2) is 48.5 Å². The van der Waals surface area contributed by atoms with E-state index in [1.165, 1.54) is 6.07 Å². The summed E-state index contributed by atoms with van der Waals surface area (Å²) in [6, 6.07) is 11.3. The molecule has 0 aliphatic rings. The van der Waals surface area contributed by atoms with Crippen LogP contribution < -0.4 is 0 Å². The van der Waals surface area contributed by atoms with Crippen molar-refractivity contribution in [3.8, 4) is 0 Å². The van der Waals surface area contributed by atoms with Crippen LogP contribution in [0.3, 0.4) is 0 Å². The molecule has 0 saturated carbocycles. The SMILES string of the molecule is O=C(c1ccccc1)c1ccc(Cl)c(C(F)(F)F)c1. The van der Waals surface area contributed by atoms with Crippen molar-refractivity contribution in [1.82, 2.24) is 0 Å². The summed E-state index contributed by atoms with van der Waals surface area (Å²) in [6.45, 7) is 0. The lowest BCUT2D eigenvalue weighted by Crippen LogP contribution is -2.09. The molecule has 19 heavy (non-hydrogen) atoms. The predicted octanol–water partition coefficient (Wildman–Crippen LogP) is 4.59. The lowest BCUT2D eigenvalue weighted by molar-refractivity contribution is -0.137. The standard InChI is InChI=1S/C14H8ClF3O/c15-12-7-6-10(8-11(12)14(16,17)18)13(19)9-4-2-1-3-5-9/h1-8H. The second-order valence-electron chi connectivity index (χ2n) is 3.89. The molecule has 0 amide bonds. The molecule has 5 heteroatoms. The van der Waals surface area contributed by atoms with Gasteiger partial charge in [-0.3, -0.25) is 4.79 Å². The minimum absolute atomic E-state index is 0.0390. The Morgan fingerprint density at radius 3 is 2.16 bits per heavy atom. The van der Waals surface area contributed by atoms with E-state index in [9.17, 15) is 18.0 Å². The number of alkyl halides is 3. The third kappa shape index (κ3) is 2.96. The van der Waals surface area contributed by atoms with Crippen LogP contribution in [0.1, 0.15) is 21.5 Å². The highest BCUT2D eigenvalue weighted by Gasteiger charge is 2.33. The molecule has 0 aromatic heterocycles. The average molecular weight is 285 g/mol. The number of carbonyl (C=O) groups excluding carboxylic acids is 1. The molecule has 98 valence electrons. The molecule has 2 aromatic rings. The van der Waals surface area contributed by atoms with Crippen molar-refractivity contribution in [2.75, 3.05) is 0 Å². The van der Waals surface area contributed by atoms with Crippen LogP contribution in [-0.2, 0) is 6.18 Å². The van der Waals surface area contributed by atoms with Gasteiger partial charge < -0.3 is 0 Å². The summed E-state index contributed by atoms with van der Waals surface area (Å²) in [6.07, 6.45) is -4.58. The molecule has 0 N–H and O–H groups in total. The number of rotatable bonds is 2. The highest BCUT2D eigenvalue weighted by molar-refractivity contribution is 6.31. The minimum atomic E-state index is -4.58. The first-order valence-corrected chi connectivity index (χ1v) is 5.74. The van der Waals surface area contributed by atoms with Gasteiger partial charge in [0.2, 0.25) is 0 Å². The van der Waals surface area contributed by atoms with Gasteiger partial charge in [-0.15, -0.1) is 0 Å². The first-order chi connectivity index (χ1) is 8.89. The van der Waals surface area contributed by atoms with Gasteiger partial charge in [0.1, 0.15) is 0 Å². The Kier molecular flexibility index (Phi) is 3.62. The van der Waals surface area contributed by atoms with Crippen LogP contribution in [0.5, 0.6) is 0 Å². The Morgan fingerprint density at radius 1 is 0.947 bits per heavy atom. The summed E-state index contributed by atoms with van der Waals surface area (Å²) >= 11 is 5.50. The maximum absolute atomic E-state index is 12.7. The molecule has 0 aliphatic heterocycles. The third-order valence-electron chi connectivity index (χ3n) is 2.57. The van der Waals surface area contributed by atoms with Crippen LogP contribution in [0.2, 0.25) is 5.02 Å². The second kappa shape index (κ2) is 5.05. The molecular formula is C14H8ClF3O. The summed E-state index contributed by atoms with van der Waals surface area (Å²) in [7, 11) is 0. The fourth-order valence-corrected chi connectivity index (χ4v) is 1.86. The van der Waals surface area contributed by atoms with Gasteiger partial charge in [0.25, 0.3) is 0 Å². The topological polar surface area (TPSA) is 17.1 Å². The normalized spacial score (nSPS) is 11.4. The van der Waals surface area contributed by atoms with E-state index in [4.69, 9.17) is 11.6 Å². The lowest BCUT2D eigenvalue weighted by Gasteiger charge is -2.10. The van der Waals surface area contributed by atoms with Crippen molar-refractivity contribution in [3.63, 3.8) is 0 Å². The fourth-order valence-electron chi connectivity index (χ4n) is 1.64. The van der Waals surface area contributed by atoms with Gasteiger partial charge in [0.15, 0.2) is 5.78 Å². The molecule has 2 aromatic carbocycles. The van der Waals surface area contributed by atoms with Crippen LogP contribution in [-0.4, -0.2) is 5.78 Å². The van der Waals surface area contributed by atoms with E-state index in [1.807, 2.05) is 0 Å². The van der Waals surface area contributed by atoms with Gasteiger partial charge in [-0.1, -0.05) is 41.9 Å². The Morgan fingerprint density at radius 2 is 1.58 bits per heavy atom. The van der Waals surface area contributed by atoms with Gasteiger partial charge in [-0.05, 0) is 18.2 Å². The minimum Gasteiger partial charge on any atom is -0.289 e. The fraction of sp³-hybridized carbons (Fsp3) is 0.0714. The average Bonchev–Trinajstić information content (AvgIpc) is 2.38. The van der Waals surface area contributed by atoms with Crippen LogP contribution >= 0.6 is 11.6 Å². The molecule has 0 radical (unpaired) electrons. The summed E-state index contributed by atoms with van der Waals surface area (Å²) in [5.74, 6) is -0.470. The number of ketones is 1.